The molecule has 0 radical (unpaired) electrons. The van der Waals surface area contributed by atoms with Gasteiger partial charge in [0.15, 0.2) is 11.5 Å². The molecule has 1 amide bonds. The number of methoxy groups -OCH3 is 2. The van der Waals surface area contributed by atoms with Crippen LogP contribution in [0.15, 0.2) is 47.9 Å². The third-order valence-corrected chi connectivity index (χ3v) is 5.72. The maximum Gasteiger partial charge on any atom is 0.255 e. The number of anilines is 2. The normalized spacial score (nSPS) is 15.1. The molecule has 2 aromatic carbocycles. The molecule has 4 rings (SSSR count). The van der Waals surface area contributed by atoms with Crippen LogP contribution in [0.5, 0.6) is 11.5 Å². The molecule has 2 heterocycles. The van der Waals surface area contributed by atoms with Crippen LogP contribution in [0.4, 0.5) is 11.6 Å². The van der Waals surface area contributed by atoms with E-state index in [0.717, 1.165) is 16.8 Å². The number of carbonyl (C=O) groups excluding carboxylic acids is 1. The second kappa shape index (κ2) is 8.55. The average molecular weight is 454 g/mol. The van der Waals surface area contributed by atoms with Gasteiger partial charge in [0.05, 0.1) is 24.8 Å². The zero-order valence-electron chi connectivity index (χ0n) is 18.5. The molecule has 3 aromatic rings. The topological polar surface area (TPSA) is 90.3 Å². The number of nitrogens with zero attached hydrogens (tertiary/aromatic N) is 3. The van der Waals surface area contributed by atoms with E-state index in [9.17, 15) is 4.79 Å². The molecule has 1 aliphatic heterocycles. The van der Waals surface area contributed by atoms with E-state index in [1.54, 1.807) is 16.8 Å². The fraction of sp³-hybridized carbons (Fsp3) is 0.261. The Bertz CT molecular complexity index is 1230. The van der Waals surface area contributed by atoms with Gasteiger partial charge in [0, 0.05) is 11.4 Å². The number of nitrogens with one attached hydrogen (secondary N) is 2. The SMILES string of the molecule is COc1cc(C2C(C(=O)Nc3ccc(C)cc3C)=C(C)Nc3ncnn32)cc(Cl)c1OC. The fourth-order valence-electron chi connectivity index (χ4n) is 3.93. The molecule has 166 valence electrons. The molecule has 2 N–H and O–H groups in total. The van der Waals surface area contributed by atoms with Gasteiger partial charge in [0.2, 0.25) is 5.95 Å². The van der Waals surface area contributed by atoms with E-state index < -0.39 is 6.04 Å². The molecule has 0 fully saturated rings. The number of aromatic nitrogens is 3. The van der Waals surface area contributed by atoms with Crippen molar-refractivity contribution in [3.63, 3.8) is 0 Å². The summed E-state index contributed by atoms with van der Waals surface area (Å²) < 4.78 is 12.5. The van der Waals surface area contributed by atoms with E-state index in [1.807, 2.05) is 39.0 Å². The van der Waals surface area contributed by atoms with Gasteiger partial charge in [-0.3, -0.25) is 4.79 Å². The first-order valence-electron chi connectivity index (χ1n) is 10.0. The summed E-state index contributed by atoms with van der Waals surface area (Å²) in [7, 11) is 3.06. The van der Waals surface area contributed by atoms with E-state index in [2.05, 4.69) is 20.7 Å². The zero-order valence-corrected chi connectivity index (χ0v) is 19.2. The van der Waals surface area contributed by atoms with Crippen molar-refractivity contribution in [2.75, 3.05) is 24.9 Å². The Balaban J connectivity index is 1.82. The maximum absolute atomic E-state index is 13.5. The lowest BCUT2D eigenvalue weighted by Crippen LogP contribution is -2.31. The van der Waals surface area contributed by atoms with E-state index in [4.69, 9.17) is 21.1 Å². The lowest BCUT2D eigenvalue weighted by molar-refractivity contribution is -0.113. The monoisotopic (exact) mass is 453 g/mol. The second-order valence-corrected chi connectivity index (χ2v) is 8.01. The molecule has 1 unspecified atom stereocenters. The van der Waals surface area contributed by atoms with Crippen LogP contribution in [0, 0.1) is 13.8 Å². The van der Waals surface area contributed by atoms with Gasteiger partial charge in [-0.1, -0.05) is 29.3 Å². The lowest BCUT2D eigenvalue weighted by atomic mass is 9.94. The van der Waals surface area contributed by atoms with Gasteiger partial charge >= 0.3 is 0 Å². The molecule has 0 spiro atoms. The van der Waals surface area contributed by atoms with Crippen molar-refractivity contribution in [2.24, 2.45) is 0 Å². The number of ether oxygens (including phenoxy) is 2. The predicted octanol–water partition coefficient (Wildman–Crippen LogP) is 4.49. The highest BCUT2D eigenvalue weighted by molar-refractivity contribution is 6.32. The van der Waals surface area contributed by atoms with Crippen molar-refractivity contribution in [3.8, 4) is 11.5 Å². The van der Waals surface area contributed by atoms with Crippen molar-refractivity contribution in [2.45, 2.75) is 26.8 Å². The summed E-state index contributed by atoms with van der Waals surface area (Å²) in [5, 5.41) is 10.9. The molecule has 0 bridgehead atoms. The van der Waals surface area contributed by atoms with E-state index in [-0.39, 0.29) is 5.91 Å². The van der Waals surface area contributed by atoms with E-state index in [0.29, 0.717) is 39.3 Å². The van der Waals surface area contributed by atoms with Gasteiger partial charge < -0.3 is 20.1 Å². The number of fused-ring (bicyclic) bond motifs is 1. The summed E-state index contributed by atoms with van der Waals surface area (Å²) in [5.41, 5.74) is 4.73. The van der Waals surface area contributed by atoms with Crippen LogP contribution in [0.3, 0.4) is 0 Å². The van der Waals surface area contributed by atoms with Gasteiger partial charge in [0.25, 0.3) is 5.91 Å². The van der Waals surface area contributed by atoms with Gasteiger partial charge in [-0.25, -0.2) is 4.68 Å². The number of aryl methyl sites for hydroxylation is 2. The first kappa shape index (κ1) is 21.7. The lowest BCUT2D eigenvalue weighted by Gasteiger charge is -2.29. The summed E-state index contributed by atoms with van der Waals surface area (Å²) in [4.78, 5) is 17.8. The Morgan fingerprint density at radius 3 is 2.62 bits per heavy atom. The molecule has 1 atom stereocenters. The number of carbonyl (C=O) groups is 1. The molecule has 9 heteroatoms. The Labute approximate surface area is 191 Å². The standard InChI is InChI=1S/C23H24ClN5O3/c1-12-6-7-17(13(2)8-12)28-22(30)19-14(3)27-23-25-11-26-29(23)20(19)15-9-16(24)21(32-5)18(10-15)31-4/h6-11,20H,1-5H3,(H,28,30)(H,25,26,27). The first-order valence-corrected chi connectivity index (χ1v) is 10.4. The highest BCUT2D eigenvalue weighted by Gasteiger charge is 2.34. The van der Waals surface area contributed by atoms with Gasteiger partial charge in [-0.05, 0) is 50.1 Å². The largest absolute Gasteiger partial charge is 0.493 e. The average Bonchev–Trinajstić information content (AvgIpc) is 3.21. The van der Waals surface area contributed by atoms with E-state index >= 15 is 0 Å². The number of halogens is 1. The fourth-order valence-corrected chi connectivity index (χ4v) is 4.23. The Morgan fingerprint density at radius 1 is 1.16 bits per heavy atom. The third-order valence-electron chi connectivity index (χ3n) is 5.44. The van der Waals surface area contributed by atoms with Crippen LogP contribution in [0.2, 0.25) is 5.02 Å². The molecule has 0 saturated heterocycles. The Hall–Kier alpha value is -3.52. The minimum atomic E-state index is -0.572. The van der Waals surface area contributed by atoms with Crippen LogP contribution < -0.4 is 20.1 Å². The summed E-state index contributed by atoms with van der Waals surface area (Å²) in [5.74, 6) is 1.16. The number of amides is 1. The van der Waals surface area contributed by atoms with Crippen LogP contribution in [0.1, 0.15) is 29.7 Å². The molecule has 0 aliphatic carbocycles. The highest BCUT2D eigenvalue weighted by Crippen LogP contribution is 2.42. The Kier molecular flexibility index (Phi) is 5.80. The molecule has 0 saturated carbocycles. The number of hydrogen-bond donors (Lipinski definition) is 2. The number of benzene rings is 2. The second-order valence-electron chi connectivity index (χ2n) is 7.61. The molecule has 8 nitrogen and oxygen atoms in total. The quantitative estimate of drug-likeness (QED) is 0.591. The summed E-state index contributed by atoms with van der Waals surface area (Å²) in [6.45, 7) is 5.81. The summed E-state index contributed by atoms with van der Waals surface area (Å²) in [6.07, 6.45) is 1.44. The summed E-state index contributed by atoms with van der Waals surface area (Å²) in [6, 6.07) is 8.86. The Morgan fingerprint density at radius 2 is 1.94 bits per heavy atom. The van der Waals surface area contributed by atoms with Gasteiger partial charge in [0.1, 0.15) is 12.4 Å². The van der Waals surface area contributed by atoms with Gasteiger partial charge in [-0.15, -0.1) is 0 Å². The van der Waals surface area contributed by atoms with Crippen molar-refractivity contribution < 1.29 is 14.3 Å². The van der Waals surface area contributed by atoms with Crippen molar-refractivity contribution >= 4 is 29.1 Å². The zero-order chi connectivity index (χ0) is 23.0. The van der Waals surface area contributed by atoms with Crippen LogP contribution >= 0.6 is 11.6 Å². The minimum absolute atomic E-state index is 0.251. The minimum Gasteiger partial charge on any atom is -0.493 e. The highest BCUT2D eigenvalue weighted by atomic mass is 35.5. The van der Waals surface area contributed by atoms with Crippen LogP contribution in [-0.4, -0.2) is 34.9 Å². The van der Waals surface area contributed by atoms with Crippen LogP contribution in [0.25, 0.3) is 0 Å². The molecular formula is C23H24ClN5O3. The van der Waals surface area contributed by atoms with Gasteiger partial charge in [-0.2, -0.15) is 10.1 Å². The van der Waals surface area contributed by atoms with Crippen LogP contribution in [-0.2, 0) is 4.79 Å². The molecule has 32 heavy (non-hydrogen) atoms. The van der Waals surface area contributed by atoms with E-state index in [1.165, 1.54) is 20.5 Å². The smallest absolute Gasteiger partial charge is 0.255 e. The predicted molar refractivity (Wildman–Crippen MR) is 124 cm³/mol. The number of allylic oxidation sites excluding steroid dienone is 1. The van der Waals surface area contributed by atoms with Crippen molar-refractivity contribution in [1.29, 1.82) is 0 Å². The molecule has 1 aliphatic rings. The summed E-state index contributed by atoms with van der Waals surface area (Å²) >= 11 is 6.48. The van der Waals surface area contributed by atoms with Crippen molar-refractivity contribution in [1.82, 2.24) is 14.8 Å². The van der Waals surface area contributed by atoms with Crippen molar-refractivity contribution in [3.05, 3.63) is 69.6 Å². The maximum atomic E-state index is 13.5. The number of rotatable bonds is 5. The third kappa shape index (κ3) is 3.78. The molecular weight excluding hydrogens is 430 g/mol. The number of hydrogen-bond acceptors (Lipinski definition) is 6. The first-order chi connectivity index (χ1) is 15.3. The molecule has 1 aromatic heterocycles.